The fraction of sp³-hybridized carbons (Fsp3) is 0.643. The lowest BCUT2D eigenvalue weighted by atomic mass is 9.97. The minimum Gasteiger partial charge on any atom is -0.370 e. The molecule has 2 aliphatic rings. The molecule has 0 saturated carbocycles. The smallest absolute Gasteiger partial charge is 0.129 e. The predicted molar refractivity (Wildman–Crippen MR) is 70.7 cm³/mol. The Bertz CT molecular complexity index is 427. The first-order valence-corrected chi connectivity index (χ1v) is 6.88. The van der Waals surface area contributed by atoms with Gasteiger partial charge in [-0.3, -0.25) is 0 Å². The lowest BCUT2D eigenvalue weighted by Crippen LogP contribution is -2.26. The number of nitrogens with zero attached hydrogens (tertiary/aromatic N) is 1. The molecule has 2 N–H and O–H groups in total. The minimum absolute atomic E-state index is 0.496. The molecule has 0 spiro atoms. The molecule has 0 unspecified atom stereocenters. The van der Waals surface area contributed by atoms with Gasteiger partial charge in [0, 0.05) is 18.8 Å². The Hall–Kier alpha value is -1.16. The maximum Gasteiger partial charge on any atom is 0.129 e. The molecule has 0 aromatic carbocycles. The third kappa shape index (κ3) is 2.48. The Kier molecular flexibility index (Phi) is 3.20. The van der Waals surface area contributed by atoms with Crippen LogP contribution in [0.25, 0.3) is 0 Å². The summed E-state index contributed by atoms with van der Waals surface area (Å²) in [6.07, 6.45) is 4.22. The van der Waals surface area contributed by atoms with Gasteiger partial charge in [-0.15, -0.1) is 0 Å². The van der Waals surface area contributed by atoms with Crippen LogP contribution in [-0.4, -0.2) is 30.3 Å². The van der Waals surface area contributed by atoms with E-state index in [1.165, 1.54) is 12.0 Å². The highest BCUT2D eigenvalue weighted by Crippen LogP contribution is 2.26. The first-order chi connectivity index (χ1) is 8.75. The first-order valence-electron chi connectivity index (χ1n) is 6.88. The van der Waals surface area contributed by atoms with Crippen molar-refractivity contribution in [3.8, 4) is 0 Å². The number of hydrogen-bond acceptors (Lipinski definition) is 3. The van der Waals surface area contributed by atoms with E-state index < -0.39 is 5.67 Å². The van der Waals surface area contributed by atoms with Crippen LogP contribution in [0.3, 0.4) is 0 Å². The Balaban J connectivity index is 1.66. The van der Waals surface area contributed by atoms with Crippen LogP contribution in [0.15, 0.2) is 12.1 Å². The van der Waals surface area contributed by atoms with Gasteiger partial charge < -0.3 is 10.6 Å². The van der Waals surface area contributed by atoms with Crippen LogP contribution in [-0.2, 0) is 12.8 Å². The molecule has 1 atom stereocenters. The molecule has 3 nitrogen and oxygen atoms in total. The number of aromatic nitrogens is 1. The summed E-state index contributed by atoms with van der Waals surface area (Å²) < 4.78 is 14.2. The summed E-state index contributed by atoms with van der Waals surface area (Å²) in [5.41, 5.74) is 1.28. The molecular weight excluding hydrogens is 229 g/mol. The molecule has 0 amide bonds. The van der Waals surface area contributed by atoms with E-state index in [1.807, 2.05) is 0 Å². The van der Waals surface area contributed by atoms with Gasteiger partial charge in [-0.1, -0.05) is 6.07 Å². The summed E-state index contributed by atoms with van der Waals surface area (Å²) in [5.74, 6) is 1.01. The molecule has 3 rings (SSSR count). The monoisotopic (exact) mass is 249 g/mol. The Morgan fingerprint density at radius 3 is 3.11 bits per heavy atom. The van der Waals surface area contributed by atoms with Crippen LogP contribution in [0.1, 0.15) is 30.5 Å². The van der Waals surface area contributed by atoms with E-state index in [2.05, 4.69) is 27.8 Å². The Labute approximate surface area is 107 Å². The van der Waals surface area contributed by atoms with E-state index in [4.69, 9.17) is 0 Å². The minimum atomic E-state index is -1.02. The van der Waals surface area contributed by atoms with Crippen molar-refractivity contribution in [2.75, 3.05) is 25.0 Å². The summed E-state index contributed by atoms with van der Waals surface area (Å²) in [7, 11) is 0. The van der Waals surface area contributed by atoms with Gasteiger partial charge in [0.1, 0.15) is 11.5 Å². The summed E-state index contributed by atoms with van der Waals surface area (Å²) in [6.45, 7) is 2.30. The summed E-state index contributed by atoms with van der Waals surface area (Å²) in [5, 5.41) is 6.41. The van der Waals surface area contributed by atoms with Crippen LogP contribution >= 0.6 is 0 Å². The quantitative estimate of drug-likeness (QED) is 0.861. The van der Waals surface area contributed by atoms with E-state index in [1.54, 1.807) is 0 Å². The standard InChI is InChI=1S/C14H20FN3/c15-14(7-9-16-10-14)6-5-12-4-3-11-2-1-8-17-13(11)18-12/h3-4,16H,1-2,5-10H2,(H,17,18)/t14-/m1/s1. The molecule has 1 aromatic rings. The van der Waals surface area contributed by atoms with Crippen LogP contribution < -0.4 is 10.6 Å². The second kappa shape index (κ2) is 4.84. The number of fused-ring (bicyclic) bond motifs is 1. The normalized spacial score (nSPS) is 26.7. The summed E-state index contributed by atoms with van der Waals surface area (Å²) >= 11 is 0. The molecular formula is C14H20FN3. The number of nitrogens with one attached hydrogen (secondary N) is 2. The molecule has 1 saturated heterocycles. The lowest BCUT2D eigenvalue weighted by Gasteiger charge is -2.20. The van der Waals surface area contributed by atoms with Crippen molar-refractivity contribution in [1.29, 1.82) is 0 Å². The highest BCUT2D eigenvalue weighted by Gasteiger charge is 2.33. The first kappa shape index (κ1) is 11.9. The Morgan fingerprint density at radius 2 is 2.28 bits per heavy atom. The van der Waals surface area contributed by atoms with Gasteiger partial charge in [0.2, 0.25) is 0 Å². The van der Waals surface area contributed by atoms with Gasteiger partial charge in [0.25, 0.3) is 0 Å². The number of halogens is 1. The molecule has 1 aromatic heterocycles. The fourth-order valence-electron chi connectivity index (χ4n) is 2.79. The van der Waals surface area contributed by atoms with Crippen LogP contribution in [0.5, 0.6) is 0 Å². The lowest BCUT2D eigenvalue weighted by molar-refractivity contribution is 0.176. The summed E-state index contributed by atoms with van der Waals surface area (Å²) in [6, 6.07) is 4.19. The van der Waals surface area contributed by atoms with Crippen molar-refractivity contribution in [3.63, 3.8) is 0 Å². The molecule has 3 heterocycles. The largest absolute Gasteiger partial charge is 0.370 e. The molecule has 98 valence electrons. The topological polar surface area (TPSA) is 37.0 Å². The highest BCUT2D eigenvalue weighted by atomic mass is 19.1. The maximum absolute atomic E-state index is 14.2. The molecule has 0 radical (unpaired) electrons. The SMILES string of the molecule is F[C@]1(CCc2ccc3c(n2)NCCC3)CCNC1. The van der Waals surface area contributed by atoms with Gasteiger partial charge >= 0.3 is 0 Å². The van der Waals surface area contributed by atoms with Crippen LogP contribution in [0.2, 0.25) is 0 Å². The molecule has 1 fully saturated rings. The van der Waals surface area contributed by atoms with Crippen molar-refractivity contribution in [2.45, 2.75) is 37.8 Å². The average Bonchev–Trinajstić information content (AvgIpc) is 2.84. The Morgan fingerprint density at radius 1 is 1.33 bits per heavy atom. The van der Waals surface area contributed by atoms with E-state index >= 15 is 0 Å². The van der Waals surface area contributed by atoms with Gasteiger partial charge in [0.05, 0.1) is 0 Å². The molecule has 0 bridgehead atoms. The number of hydrogen-bond donors (Lipinski definition) is 2. The third-order valence-corrected chi connectivity index (χ3v) is 3.97. The summed E-state index contributed by atoms with van der Waals surface area (Å²) in [4.78, 5) is 4.61. The van der Waals surface area contributed by atoms with Gasteiger partial charge in [-0.25, -0.2) is 9.37 Å². The van der Waals surface area contributed by atoms with E-state index in [9.17, 15) is 4.39 Å². The predicted octanol–water partition coefficient (Wildman–Crippen LogP) is 2.07. The van der Waals surface area contributed by atoms with Crippen molar-refractivity contribution in [3.05, 3.63) is 23.4 Å². The molecule has 4 heteroatoms. The second-order valence-electron chi connectivity index (χ2n) is 5.42. The van der Waals surface area contributed by atoms with Crippen LogP contribution in [0, 0.1) is 0 Å². The third-order valence-electron chi connectivity index (χ3n) is 3.97. The number of pyridine rings is 1. The van der Waals surface area contributed by atoms with Crippen molar-refractivity contribution in [2.24, 2.45) is 0 Å². The molecule has 2 aliphatic heterocycles. The zero-order valence-electron chi connectivity index (χ0n) is 10.6. The van der Waals surface area contributed by atoms with E-state index in [-0.39, 0.29) is 0 Å². The number of anilines is 1. The number of alkyl halides is 1. The van der Waals surface area contributed by atoms with Crippen molar-refractivity contribution < 1.29 is 4.39 Å². The highest BCUT2D eigenvalue weighted by molar-refractivity contribution is 5.47. The van der Waals surface area contributed by atoms with Gasteiger partial charge in [0.15, 0.2) is 0 Å². The second-order valence-corrected chi connectivity index (χ2v) is 5.42. The number of aryl methyl sites for hydroxylation is 2. The van der Waals surface area contributed by atoms with Gasteiger partial charge in [-0.2, -0.15) is 0 Å². The van der Waals surface area contributed by atoms with Crippen LogP contribution in [0.4, 0.5) is 10.2 Å². The zero-order chi connectivity index (χ0) is 12.4. The van der Waals surface area contributed by atoms with Gasteiger partial charge in [-0.05, 0) is 50.3 Å². The number of rotatable bonds is 3. The van der Waals surface area contributed by atoms with Crippen molar-refractivity contribution in [1.82, 2.24) is 10.3 Å². The molecule has 18 heavy (non-hydrogen) atoms. The zero-order valence-corrected chi connectivity index (χ0v) is 10.6. The fourth-order valence-corrected chi connectivity index (χ4v) is 2.79. The van der Waals surface area contributed by atoms with Crippen molar-refractivity contribution >= 4 is 5.82 Å². The van der Waals surface area contributed by atoms with E-state index in [0.29, 0.717) is 19.4 Å². The average molecular weight is 249 g/mol. The molecule has 0 aliphatic carbocycles. The maximum atomic E-state index is 14.2. The van der Waals surface area contributed by atoms with E-state index in [0.717, 1.165) is 37.4 Å².